The van der Waals surface area contributed by atoms with Gasteiger partial charge in [-0.2, -0.15) is 4.98 Å². The molecule has 1 aliphatic rings. The topological polar surface area (TPSA) is 65.7 Å². The van der Waals surface area contributed by atoms with Gasteiger partial charge in [0, 0.05) is 11.9 Å². The minimum absolute atomic E-state index is 0.245. The Balaban J connectivity index is 1.57. The first-order valence-electron chi connectivity index (χ1n) is 9.57. The van der Waals surface area contributed by atoms with Crippen LogP contribution in [0.2, 0.25) is 0 Å². The van der Waals surface area contributed by atoms with Gasteiger partial charge in [0.1, 0.15) is 12.4 Å². The summed E-state index contributed by atoms with van der Waals surface area (Å²) in [6.45, 7) is 5.62. The van der Waals surface area contributed by atoms with Gasteiger partial charge in [0.25, 0.3) is 0 Å². The highest BCUT2D eigenvalue weighted by molar-refractivity contribution is 5.90. The van der Waals surface area contributed by atoms with E-state index in [4.69, 9.17) is 15.1 Å². The lowest BCUT2D eigenvalue weighted by molar-refractivity contribution is -0.900. The molecule has 0 spiro atoms. The number of rotatable bonds is 6. The molecule has 0 bridgehead atoms. The molecular formula is C21H26N5O+. The molecule has 0 radical (unpaired) electrons. The Hall–Kier alpha value is -2.70. The normalized spacial score (nSPS) is 15.2. The van der Waals surface area contributed by atoms with Crippen LogP contribution in [0.1, 0.15) is 5.56 Å². The molecule has 1 aliphatic heterocycles. The number of benzene rings is 2. The number of aromatic nitrogens is 2. The molecule has 0 aliphatic carbocycles. The third kappa shape index (κ3) is 4.18. The smallest absolute Gasteiger partial charge is 0.228 e. The lowest BCUT2D eigenvalue weighted by Gasteiger charge is -2.32. The van der Waals surface area contributed by atoms with Crippen LogP contribution in [0.5, 0.6) is 0 Å². The number of nitrogens with zero attached hydrogens (tertiary/aromatic N) is 3. The summed E-state index contributed by atoms with van der Waals surface area (Å²) in [4.78, 5) is 13.4. The van der Waals surface area contributed by atoms with Gasteiger partial charge >= 0.3 is 0 Å². The van der Waals surface area contributed by atoms with Crippen LogP contribution in [0.15, 0.2) is 54.6 Å². The number of fused-ring (bicyclic) bond motifs is 1. The second-order valence-electron chi connectivity index (χ2n) is 6.94. The van der Waals surface area contributed by atoms with Gasteiger partial charge in [0.15, 0.2) is 0 Å². The molecule has 1 saturated heterocycles. The predicted octanol–water partition coefficient (Wildman–Crippen LogP) is 0.939. The van der Waals surface area contributed by atoms with E-state index in [1.807, 2.05) is 24.3 Å². The molecule has 3 N–H and O–H groups in total. The molecule has 2 aromatic carbocycles. The second kappa shape index (κ2) is 8.33. The van der Waals surface area contributed by atoms with Gasteiger partial charge in [0.2, 0.25) is 5.95 Å². The maximum absolute atomic E-state index is 9.14. The summed E-state index contributed by atoms with van der Waals surface area (Å²) >= 11 is 0. The number of hydrogen-bond donors (Lipinski definition) is 3. The highest BCUT2D eigenvalue weighted by Gasteiger charge is 2.22. The molecule has 0 atom stereocenters. The van der Waals surface area contributed by atoms with E-state index in [0.717, 1.165) is 61.9 Å². The van der Waals surface area contributed by atoms with E-state index in [1.165, 1.54) is 10.5 Å². The van der Waals surface area contributed by atoms with Crippen LogP contribution in [0.3, 0.4) is 0 Å². The van der Waals surface area contributed by atoms with Crippen molar-refractivity contribution in [3.63, 3.8) is 0 Å². The number of quaternary nitrogens is 1. The summed E-state index contributed by atoms with van der Waals surface area (Å²) in [6, 6.07) is 18.5. The van der Waals surface area contributed by atoms with E-state index >= 15 is 0 Å². The molecule has 1 fully saturated rings. The zero-order valence-corrected chi connectivity index (χ0v) is 15.4. The molecule has 140 valence electrons. The molecule has 6 nitrogen and oxygen atoms in total. The summed E-state index contributed by atoms with van der Waals surface area (Å²) in [5, 5.41) is 13.7. The van der Waals surface area contributed by atoms with Gasteiger partial charge in [-0.1, -0.05) is 42.5 Å². The highest BCUT2D eigenvalue weighted by atomic mass is 16.3. The minimum atomic E-state index is 0.245. The average Bonchev–Trinajstić information content (AvgIpc) is 2.73. The summed E-state index contributed by atoms with van der Waals surface area (Å²) in [7, 11) is 0. The maximum Gasteiger partial charge on any atom is 0.228 e. The standard InChI is InChI=1S/C21H25N5O/c27-15-14-25-10-12-26(13-11-25)21-23-19-9-5-4-8-18(19)20(24-21)22-16-17-6-2-1-3-7-17/h1-9,27H,10-16H2,(H,22,23,24)/p+1. The highest BCUT2D eigenvalue weighted by Crippen LogP contribution is 2.24. The molecule has 2 heterocycles. The SMILES string of the molecule is OCC[NH+]1CCN(c2nc(NCc3ccccc3)c3ccccc3n2)CC1. The summed E-state index contributed by atoms with van der Waals surface area (Å²) in [5.74, 6) is 1.66. The maximum atomic E-state index is 9.14. The van der Waals surface area contributed by atoms with Crippen molar-refractivity contribution in [2.24, 2.45) is 0 Å². The monoisotopic (exact) mass is 364 g/mol. The molecule has 3 aromatic rings. The molecule has 27 heavy (non-hydrogen) atoms. The minimum Gasteiger partial charge on any atom is -0.391 e. The molecule has 0 saturated carbocycles. The zero-order chi connectivity index (χ0) is 18.5. The first-order chi connectivity index (χ1) is 13.3. The molecule has 0 amide bonds. The molecular weight excluding hydrogens is 338 g/mol. The van der Waals surface area contributed by atoms with Crippen LogP contribution in [-0.4, -0.2) is 54.4 Å². The number of para-hydroxylation sites is 1. The summed E-state index contributed by atoms with van der Waals surface area (Å²) in [6.07, 6.45) is 0. The van der Waals surface area contributed by atoms with E-state index in [1.54, 1.807) is 0 Å². The predicted molar refractivity (Wildman–Crippen MR) is 108 cm³/mol. The molecule has 1 aromatic heterocycles. The van der Waals surface area contributed by atoms with Crippen molar-refractivity contribution in [2.75, 3.05) is 49.5 Å². The average molecular weight is 364 g/mol. The Labute approximate surface area is 159 Å². The number of aliphatic hydroxyl groups is 1. The van der Waals surface area contributed by atoms with Crippen molar-refractivity contribution < 1.29 is 10.0 Å². The van der Waals surface area contributed by atoms with E-state index in [0.29, 0.717) is 0 Å². The van der Waals surface area contributed by atoms with Crippen molar-refractivity contribution in [3.8, 4) is 0 Å². The number of aliphatic hydroxyl groups excluding tert-OH is 1. The van der Waals surface area contributed by atoms with Gasteiger partial charge in [-0.05, 0) is 17.7 Å². The third-order valence-corrected chi connectivity index (χ3v) is 5.11. The van der Waals surface area contributed by atoms with Crippen LogP contribution in [0, 0.1) is 0 Å². The molecule has 6 heteroatoms. The fourth-order valence-corrected chi connectivity index (χ4v) is 3.55. The van der Waals surface area contributed by atoms with Crippen LogP contribution in [-0.2, 0) is 6.54 Å². The second-order valence-corrected chi connectivity index (χ2v) is 6.94. The Morgan fingerprint density at radius 1 is 0.963 bits per heavy atom. The Kier molecular flexibility index (Phi) is 5.46. The van der Waals surface area contributed by atoms with Crippen LogP contribution >= 0.6 is 0 Å². The van der Waals surface area contributed by atoms with Crippen molar-refractivity contribution in [1.29, 1.82) is 0 Å². The van der Waals surface area contributed by atoms with Crippen LogP contribution in [0.25, 0.3) is 10.9 Å². The number of piperazine rings is 1. The Morgan fingerprint density at radius 3 is 2.48 bits per heavy atom. The number of anilines is 2. The van der Waals surface area contributed by atoms with E-state index < -0.39 is 0 Å². The van der Waals surface area contributed by atoms with Gasteiger partial charge in [-0.3, -0.25) is 0 Å². The number of nitrogens with one attached hydrogen (secondary N) is 2. The van der Waals surface area contributed by atoms with E-state index in [-0.39, 0.29) is 6.61 Å². The zero-order valence-electron chi connectivity index (χ0n) is 15.4. The van der Waals surface area contributed by atoms with Gasteiger partial charge in [0.05, 0.1) is 38.3 Å². The van der Waals surface area contributed by atoms with Crippen LogP contribution in [0.4, 0.5) is 11.8 Å². The van der Waals surface area contributed by atoms with Crippen LogP contribution < -0.4 is 15.1 Å². The summed E-state index contributed by atoms with van der Waals surface area (Å²) in [5.41, 5.74) is 2.19. The van der Waals surface area contributed by atoms with Crippen molar-refractivity contribution in [3.05, 3.63) is 60.2 Å². The van der Waals surface area contributed by atoms with Crippen molar-refractivity contribution in [2.45, 2.75) is 6.54 Å². The van der Waals surface area contributed by atoms with Gasteiger partial charge < -0.3 is 20.2 Å². The fourth-order valence-electron chi connectivity index (χ4n) is 3.55. The van der Waals surface area contributed by atoms with E-state index in [2.05, 4.69) is 40.5 Å². The molecule has 4 rings (SSSR count). The first-order valence-corrected chi connectivity index (χ1v) is 9.57. The van der Waals surface area contributed by atoms with E-state index in [9.17, 15) is 0 Å². The summed E-state index contributed by atoms with van der Waals surface area (Å²) < 4.78 is 0. The van der Waals surface area contributed by atoms with Crippen molar-refractivity contribution in [1.82, 2.24) is 9.97 Å². The Bertz CT molecular complexity index is 878. The number of hydrogen-bond acceptors (Lipinski definition) is 5. The lowest BCUT2D eigenvalue weighted by Crippen LogP contribution is -3.15. The van der Waals surface area contributed by atoms with Gasteiger partial charge in [-0.15, -0.1) is 0 Å². The lowest BCUT2D eigenvalue weighted by atomic mass is 10.2. The largest absolute Gasteiger partial charge is 0.391 e. The Morgan fingerprint density at radius 2 is 1.70 bits per heavy atom. The quantitative estimate of drug-likeness (QED) is 0.608. The fraction of sp³-hybridized carbons (Fsp3) is 0.333. The van der Waals surface area contributed by atoms with Crippen molar-refractivity contribution >= 4 is 22.7 Å². The first kappa shape index (κ1) is 17.7. The third-order valence-electron chi connectivity index (χ3n) is 5.11. The molecule has 0 unspecified atom stereocenters. The van der Waals surface area contributed by atoms with Gasteiger partial charge in [-0.25, -0.2) is 4.98 Å².